The van der Waals surface area contributed by atoms with Crippen LogP contribution in [0, 0.1) is 0 Å². The summed E-state index contributed by atoms with van der Waals surface area (Å²) >= 11 is 1.81. The SMILES string of the molecule is CCSc1ccc(-c2noc(C3(C)COCC3N)n2)cc1. The van der Waals surface area contributed by atoms with E-state index in [1.807, 2.05) is 30.8 Å². The number of rotatable bonds is 4. The van der Waals surface area contributed by atoms with E-state index in [9.17, 15) is 0 Å². The van der Waals surface area contributed by atoms with Crippen molar-refractivity contribution in [1.29, 1.82) is 0 Å². The molecule has 0 bridgehead atoms. The van der Waals surface area contributed by atoms with Crippen molar-refractivity contribution in [1.82, 2.24) is 10.1 Å². The Morgan fingerprint density at radius 3 is 2.76 bits per heavy atom. The molecule has 0 saturated carbocycles. The highest BCUT2D eigenvalue weighted by atomic mass is 32.2. The van der Waals surface area contributed by atoms with Crippen LogP contribution in [0.3, 0.4) is 0 Å². The van der Waals surface area contributed by atoms with Crippen LogP contribution in [0.1, 0.15) is 19.7 Å². The quantitative estimate of drug-likeness (QED) is 0.875. The third-order valence-electron chi connectivity index (χ3n) is 3.86. The first kappa shape index (κ1) is 14.6. The Morgan fingerprint density at radius 1 is 1.38 bits per heavy atom. The Morgan fingerprint density at radius 2 is 2.14 bits per heavy atom. The monoisotopic (exact) mass is 305 g/mol. The molecule has 0 amide bonds. The summed E-state index contributed by atoms with van der Waals surface area (Å²) in [6.07, 6.45) is 0. The van der Waals surface area contributed by atoms with Gasteiger partial charge in [0.2, 0.25) is 11.7 Å². The van der Waals surface area contributed by atoms with Crippen LogP contribution >= 0.6 is 11.8 Å². The topological polar surface area (TPSA) is 74.2 Å². The molecule has 0 aliphatic carbocycles. The maximum atomic E-state index is 6.09. The Kier molecular flexibility index (Phi) is 4.01. The second kappa shape index (κ2) is 5.79. The number of nitrogens with two attached hydrogens (primary N) is 1. The lowest BCUT2D eigenvalue weighted by atomic mass is 9.86. The van der Waals surface area contributed by atoms with Crippen LogP contribution in [-0.2, 0) is 10.2 Å². The van der Waals surface area contributed by atoms with Crippen molar-refractivity contribution in [3.63, 3.8) is 0 Å². The van der Waals surface area contributed by atoms with Crippen LogP contribution in [0.2, 0.25) is 0 Å². The number of thioether (sulfide) groups is 1. The molecule has 2 heterocycles. The van der Waals surface area contributed by atoms with Gasteiger partial charge >= 0.3 is 0 Å². The van der Waals surface area contributed by atoms with E-state index in [2.05, 4.69) is 29.2 Å². The predicted molar refractivity (Wildman–Crippen MR) is 82.3 cm³/mol. The van der Waals surface area contributed by atoms with E-state index in [0.717, 1.165) is 11.3 Å². The molecule has 1 saturated heterocycles. The minimum atomic E-state index is -0.400. The summed E-state index contributed by atoms with van der Waals surface area (Å²) in [4.78, 5) is 5.75. The van der Waals surface area contributed by atoms with Gasteiger partial charge in [0.25, 0.3) is 0 Å². The molecule has 112 valence electrons. The van der Waals surface area contributed by atoms with Crippen molar-refractivity contribution in [2.45, 2.75) is 30.2 Å². The molecule has 0 spiro atoms. The van der Waals surface area contributed by atoms with Crippen LogP contribution in [0.25, 0.3) is 11.4 Å². The Bertz CT molecular complexity index is 614. The van der Waals surface area contributed by atoms with Gasteiger partial charge in [0, 0.05) is 16.5 Å². The Hall–Kier alpha value is -1.37. The summed E-state index contributed by atoms with van der Waals surface area (Å²) in [5.74, 6) is 2.20. The molecular weight excluding hydrogens is 286 g/mol. The molecule has 0 radical (unpaired) electrons. The van der Waals surface area contributed by atoms with E-state index in [0.29, 0.717) is 24.9 Å². The third-order valence-corrected chi connectivity index (χ3v) is 4.75. The second-order valence-corrected chi connectivity index (χ2v) is 6.76. The van der Waals surface area contributed by atoms with Crippen LogP contribution in [0.15, 0.2) is 33.7 Å². The van der Waals surface area contributed by atoms with Gasteiger partial charge in [-0.15, -0.1) is 11.8 Å². The highest BCUT2D eigenvalue weighted by Gasteiger charge is 2.44. The number of nitrogens with zero attached hydrogens (tertiary/aromatic N) is 2. The zero-order valence-corrected chi connectivity index (χ0v) is 13.0. The maximum absolute atomic E-state index is 6.09. The van der Waals surface area contributed by atoms with E-state index >= 15 is 0 Å². The number of hydrogen-bond acceptors (Lipinski definition) is 6. The molecule has 2 aromatic rings. The van der Waals surface area contributed by atoms with Gasteiger partial charge in [-0.1, -0.05) is 12.1 Å². The molecule has 1 fully saturated rings. The summed E-state index contributed by atoms with van der Waals surface area (Å²) in [5.41, 5.74) is 6.64. The fourth-order valence-corrected chi connectivity index (χ4v) is 3.01. The number of ether oxygens (including phenoxy) is 1. The van der Waals surface area contributed by atoms with Gasteiger partial charge in [0.15, 0.2) is 0 Å². The van der Waals surface area contributed by atoms with Gasteiger partial charge in [0.1, 0.15) is 0 Å². The van der Waals surface area contributed by atoms with Crippen molar-refractivity contribution in [3.05, 3.63) is 30.2 Å². The normalized spacial score (nSPS) is 25.4. The predicted octanol–water partition coefficient (Wildman–Crippen LogP) is 2.46. The number of hydrogen-bond donors (Lipinski definition) is 1. The van der Waals surface area contributed by atoms with E-state index in [-0.39, 0.29) is 6.04 Å². The lowest BCUT2D eigenvalue weighted by molar-refractivity contribution is 0.169. The molecule has 3 rings (SSSR count). The van der Waals surface area contributed by atoms with Gasteiger partial charge in [-0.25, -0.2) is 0 Å². The van der Waals surface area contributed by atoms with Crippen molar-refractivity contribution in [2.75, 3.05) is 19.0 Å². The molecule has 1 aliphatic heterocycles. The largest absolute Gasteiger partial charge is 0.379 e. The maximum Gasteiger partial charge on any atom is 0.236 e. The molecule has 1 aromatic heterocycles. The second-order valence-electron chi connectivity index (χ2n) is 5.42. The van der Waals surface area contributed by atoms with Gasteiger partial charge in [-0.2, -0.15) is 4.98 Å². The first-order chi connectivity index (χ1) is 10.1. The van der Waals surface area contributed by atoms with E-state index < -0.39 is 5.41 Å². The van der Waals surface area contributed by atoms with Gasteiger partial charge in [0.05, 0.1) is 18.6 Å². The van der Waals surface area contributed by atoms with Gasteiger partial charge in [-0.3, -0.25) is 0 Å². The fraction of sp³-hybridized carbons (Fsp3) is 0.467. The first-order valence-corrected chi connectivity index (χ1v) is 8.03. The molecule has 2 unspecified atom stereocenters. The first-order valence-electron chi connectivity index (χ1n) is 7.04. The average molecular weight is 305 g/mol. The Balaban J connectivity index is 1.84. The highest BCUT2D eigenvalue weighted by Crippen LogP contribution is 2.32. The zero-order chi connectivity index (χ0) is 14.9. The fourth-order valence-electron chi connectivity index (χ4n) is 2.35. The van der Waals surface area contributed by atoms with E-state index in [4.69, 9.17) is 15.0 Å². The number of aromatic nitrogens is 2. The van der Waals surface area contributed by atoms with Crippen LogP contribution in [0.4, 0.5) is 0 Å². The Labute approximate surface area is 128 Å². The molecular formula is C15H19N3O2S. The molecule has 5 nitrogen and oxygen atoms in total. The number of benzene rings is 1. The summed E-state index contributed by atoms with van der Waals surface area (Å²) < 4.78 is 10.9. The van der Waals surface area contributed by atoms with Crippen LogP contribution in [0.5, 0.6) is 0 Å². The van der Waals surface area contributed by atoms with Crippen molar-refractivity contribution in [3.8, 4) is 11.4 Å². The molecule has 2 atom stereocenters. The van der Waals surface area contributed by atoms with Crippen LogP contribution < -0.4 is 5.73 Å². The lowest BCUT2D eigenvalue weighted by Gasteiger charge is -2.21. The smallest absolute Gasteiger partial charge is 0.236 e. The van der Waals surface area contributed by atoms with Crippen LogP contribution in [-0.4, -0.2) is 35.1 Å². The summed E-state index contributed by atoms with van der Waals surface area (Å²) in [6.45, 7) is 5.18. The molecule has 1 aromatic carbocycles. The standard InChI is InChI=1S/C15H19N3O2S/c1-3-21-11-6-4-10(5-7-11)13-17-14(20-18-13)15(2)9-19-8-12(15)16/h4-7,12H,3,8-9,16H2,1-2H3. The zero-order valence-electron chi connectivity index (χ0n) is 12.2. The molecule has 1 aliphatic rings. The minimum Gasteiger partial charge on any atom is -0.379 e. The lowest BCUT2D eigenvalue weighted by Crippen LogP contribution is -2.42. The molecule has 21 heavy (non-hydrogen) atoms. The molecule has 6 heteroatoms. The van der Waals surface area contributed by atoms with Crippen molar-refractivity contribution in [2.24, 2.45) is 5.73 Å². The van der Waals surface area contributed by atoms with E-state index in [1.54, 1.807) is 0 Å². The highest BCUT2D eigenvalue weighted by molar-refractivity contribution is 7.99. The van der Waals surface area contributed by atoms with Gasteiger partial charge in [-0.05, 0) is 36.9 Å². The van der Waals surface area contributed by atoms with Gasteiger partial charge < -0.3 is 15.0 Å². The third kappa shape index (κ3) is 2.71. The van der Waals surface area contributed by atoms with Crippen molar-refractivity contribution < 1.29 is 9.26 Å². The summed E-state index contributed by atoms with van der Waals surface area (Å²) in [7, 11) is 0. The molecule has 2 N–H and O–H groups in total. The minimum absolute atomic E-state index is 0.117. The average Bonchev–Trinajstić information content (AvgIpc) is 3.09. The summed E-state index contributed by atoms with van der Waals surface area (Å²) in [5, 5.41) is 4.08. The van der Waals surface area contributed by atoms with E-state index in [1.165, 1.54) is 4.90 Å². The van der Waals surface area contributed by atoms with Crippen molar-refractivity contribution >= 4 is 11.8 Å². The summed E-state index contributed by atoms with van der Waals surface area (Å²) in [6, 6.07) is 8.06.